The van der Waals surface area contributed by atoms with Crippen LogP contribution in [0.15, 0.2) is 24.3 Å². The number of ether oxygens (including phenoxy) is 1. The fraction of sp³-hybridized carbons (Fsp3) is 0.500. The molecule has 1 aliphatic heterocycles. The SMILES string of the molecule is COC(=O)Cc1ccccc1CN1CC[C@H](O)C1. The van der Waals surface area contributed by atoms with Crippen LogP contribution in [0.1, 0.15) is 17.5 Å². The van der Waals surface area contributed by atoms with E-state index in [1.165, 1.54) is 7.11 Å². The summed E-state index contributed by atoms with van der Waals surface area (Å²) in [5.74, 6) is -0.219. The lowest BCUT2D eigenvalue weighted by Crippen LogP contribution is -2.22. The average molecular weight is 249 g/mol. The zero-order chi connectivity index (χ0) is 13.0. The molecule has 1 heterocycles. The fourth-order valence-corrected chi connectivity index (χ4v) is 2.31. The van der Waals surface area contributed by atoms with E-state index >= 15 is 0 Å². The number of likely N-dealkylation sites (tertiary alicyclic amines) is 1. The van der Waals surface area contributed by atoms with Crippen molar-refractivity contribution in [3.63, 3.8) is 0 Å². The van der Waals surface area contributed by atoms with Crippen molar-refractivity contribution in [3.05, 3.63) is 35.4 Å². The Morgan fingerprint density at radius 1 is 1.44 bits per heavy atom. The first-order chi connectivity index (χ1) is 8.69. The van der Waals surface area contributed by atoms with E-state index < -0.39 is 0 Å². The van der Waals surface area contributed by atoms with Crippen molar-refractivity contribution in [1.29, 1.82) is 0 Å². The summed E-state index contributed by atoms with van der Waals surface area (Å²) >= 11 is 0. The van der Waals surface area contributed by atoms with Gasteiger partial charge in [0.25, 0.3) is 0 Å². The molecule has 1 N–H and O–H groups in total. The van der Waals surface area contributed by atoms with Crippen molar-refractivity contribution in [1.82, 2.24) is 4.90 Å². The molecule has 0 unspecified atom stereocenters. The van der Waals surface area contributed by atoms with Gasteiger partial charge in [-0.1, -0.05) is 24.3 Å². The van der Waals surface area contributed by atoms with E-state index in [0.717, 1.165) is 30.6 Å². The van der Waals surface area contributed by atoms with Crippen LogP contribution in [-0.2, 0) is 22.5 Å². The van der Waals surface area contributed by atoms with Gasteiger partial charge >= 0.3 is 5.97 Å². The van der Waals surface area contributed by atoms with Crippen LogP contribution >= 0.6 is 0 Å². The molecule has 0 saturated carbocycles. The number of hydrogen-bond acceptors (Lipinski definition) is 4. The second-order valence-corrected chi connectivity index (χ2v) is 4.70. The van der Waals surface area contributed by atoms with Gasteiger partial charge in [-0.2, -0.15) is 0 Å². The molecule has 1 aliphatic rings. The van der Waals surface area contributed by atoms with Gasteiger partial charge in [0, 0.05) is 19.6 Å². The Kier molecular flexibility index (Phi) is 4.33. The van der Waals surface area contributed by atoms with Crippen molar-refractivity contribution in [2.45, 2.75) is 25.5 Å². The van der Waals surface area contributed by atoms with Gasteiger partial charge < -0.3 is 9.84 Å². The molecule has 0 aromatic heterocycles. The minimum Gasteiger partial charge on any atom is -0.469 e. The summed E-state index contributed by atoms with van der Waals surface area (Å²) < 4.78 is 4.70. The molecule has 1 aromatic rings. The Balaban J connectivity index is 2.05. The van der Waals surface area contributed by atoms with Gasteiger partial charge in [0.1, 0.15) is 0 Å². The third kappa shape index (κ3) is 3.31. The van der Waals surface area contributed by atoms with Gasteiger partial charge in [-0.05, 0) is 17.5 Å². The van der Waals surface area contributed by atoms with Crippen LogP contribution in [-0.4, -0.2) is 42.3 Å². The number of nitrogens with zero attached hydrogens (tertiary/aromatic N) is 1. The van der Waals surface area contributed by atoms with E-state index in [0.29, 0.717) is 13.0 Å². The smallest absolute Gasteiger partial charge is 0.309 e. The van der Waals surface area contributed by atoms with Crippen LogP contribution in [0, 0.1) is 0 Å². The van der Waals surface area contributed by atoms with Crippen LogP contribution in [0.25, 0.3) is 0 Å². The number of hydrogen-bond donors (Lipinski definition) is 1. The highest BCUT2D eigenvalue weighted by Crippen LogP contribution is 2.17. The molecule has 1 saturated heterocycles. The highest BCUT2D eigenvalue weighted by molar-refractivity contribution is 5.72. The quantitative estimate of drug-likeness (QED) is 0.808. The molecular weight excluding hydrogens is 230 g/mol. The highest BCUT2D eigenvalue weighted by atomic mass is 16.5. The summed E-state index contributed by atoms with van der Waals surface area (Å²) in [6.07, 6.45) is 0.931. The normalized spacial score (nSPS) is 20.0. The molecule has 18 heavy (non-hydrogen) atoms. The summed E-state index contributed by atoms with van der Waals surface area (Å²) in [4.78, 5) is 13.6. The molecule has 1 atom stereocenters. The molecule has 0 spiro atoms. The number of methoxy groups -OCH3 is 1. The highest BCUT2D eigenvalue weighted by Gasteiger charge is 2.21. The van der Waals surface area contributed by atoms with Gasteiger partial charge in [0.15, 0.2) is 0 Å². The van der Waals surface area contributed by atoms with Gasteiger partial charge in [-0.25, -0.2) is 0 Å². The average Bonchev–Trinajstić information content (AvgIpc) is 2.77. The van der Waals surface area contributed by atoms with E-state index in [1.54, 1.807) is 0 Å². The first kappa shape index (κ1) is 13.1. The molecule has 4 nitrogen and oxygen atoms in total. The zero-order valence-electron chi connectivity index (χ0n) is 10.6. The van der Waals surface area contributed by atoms with Gasteiger partial charge in [0.2, 0.25) is 0 Å². The van der Waals surface area contributed by atoms with Crippen molar-refractivity contribution >= 4 is 5.97 Å². The molecular formula is C14H19NO3. The van der Waals surface area contributed by atoms with Crippen LogP contribution in [0.3, 0.4) is 0 Å². The summed E-state index contributed by atoms with van der Waals surface area (Å²) in [5, 5.41) is 9.51. The Hall–Kier alpha value is -1.39. The van der Waals surface area contributed by atoms with Crippen LogP contribution in [0.4, 0.5) is 0 Å². The molecule has 98 valence electrons. The predicted molar refractivity (Wildman–Crippen MR) is 68.1 cm³/mol. The maximum Gasteiger partial charge on any atom is 0.309 e. The van der Waals surface area contributed by atoms with Crippen LogP contribution < -0.4 is 0 Å². The topological polar surface area (TPSA) is 49.8 Å². The van der Waals surface area contributed by atoms with Crippen LogP contribution in [0.5, 0.6) is 0 Å². The summed E-state index contributed by atoms with van der Waals surface area (Å²) in [7, 11) is 1.40. The number of aliphatic hydroxyl groups excluding tert-OH is 1. The maximum atomic E-state index is 11.3. The fourth-order valence-electron chi connectivity index (χ4n) is 2.31. The number of β-amino-alcohol motifs (C(OH)–C–C–N with tert-alkyl or cyclic N) is 1. The molecule has 1 aromatic carbocycles. The molecule has 0 radical (unpaired) electrons. The maximum absolute atomic E-state index is 11.3. The zero-order valence-corrected chi connectivity index (χ0v) is 10.6. The van der Waals surface area contributed by atoms with E-state index in [4.69, 9.17) is 4.74 Å². The number of aliphatic hydroxyl groups is 1. The van der Waals surface area contributed by atoms with E-state index in [1.807, 2.05) is 24.3 Å². The second-order valence-electron chi connectivity index (χ2n) is 4.70. The van der Waals surface area contributed by atoms with Crippen molar-refractivity contribution in [2.24, 2.45) is 0 Å². The second kappa shape index (κ2) is 5.98. The van der Waals surface area contributed by atoms with Gasteiger partial charge in [-0.3, -0.25) is 9.69 Å². The number of rotatable bonds is 4. The molecule has 1 fully saturated rings. The number of carbonyl (C=O) groups excluding carboxylic acids is 1. The van der Waals surface area contributed by atoms with Crippen molar-refractivity contribution < 1.29 is 14.6 Å². The lowest BCUT2D eigenvalue weighted by Gasteiger charge is -2.17. The van der Waals surface area contributed by atoms with Crippen LogP contribution in [0.2, 0.25) is 0 Å². The predicted octanol–water partition coefficient (Wildman–Crippen LogP) is 0.969. The lowest BCUT2D eigenvalue weighted by molar-refractivity contribution is -0.139. The van der Waals surface area contributed by atoms with E-state index in [2.05, 4.69) is 4.90 Å². The monoisotopic (exact) mass is 249 g/mol. The first-order valence-electron chi connectivity index (χ1n) is 6.23. The largest absolute Gasteiger partial charge is 0.469 e. The Morgan fingerprint density at radius 2 is 2.17 bits per heavy atom. The van der Waals surface area contributed by atoms with Gasteiger partial charge in [0.05, 0.1) is 19.6 Å². The minimum absolute atomic E-state index is 0.210. The molecule has 2 rings (SSSR count). The van der Waals surface area contributed by atoms with E-state index in [9.17, 15) is 9.90 Å². The van der Waals surface area contributed by atoms with Crippen molar-refractivity contribution in [2.75, 3.05) is 20.2 Å². The standard InChI is InChI=1S/C14H19NO3/c1-18-14(17)8-11-4-2-3-5-12(11)9-15-7-6-13(16)10-15/h2-5,13,16H,6-10H2,1H3/t13-/m0/s1. The Labute approximate surface area is 107 Å². The summed E-state index contributed by atoms with van der Waals surface area (Å²) in [6.45, 7) is 2.41. The third-order valence-electron chi connectivity index (χ3n) is 3.32. The molecule has 4 heteroatoms. The molecule has 0 amide bonds. The number of benzene rings is 1. The summed E-state index contributed by atoms with van der Waals surface area (Å²) in [6, 6.07) is 7.89. The lowest BCUT2D eigenvalue weighted by atomic mass is 10.0. The number of carbonyl (C=O) groups is 1. The first-order valence-corrected chi connectivity index (χ1v) is 6.23. The van der Waals surface area contributed by atoms with Gasteiger partial charge in [-0.15, -0.1) is 0 Å². The Bertz CT molecular complexity index is 419. The van der Waals surface area contributed by atoms with Crippen molar-refractivity contribution in [3.8, 4) is 0 Å². The minimum atomic E-state index is -0.219. The summed E-state index contributed by atoms with van der Waals surface area (Å²) in [5.41, 5.74) is 2.14. The Morgan fingerprint density at radius 3 is 2.78 bits per heavy atom. The molecule has 0 bridgehead atoms. The third-order valence-corrected chi connectivity index (χ3v) is 3.32. The van der Waals surface area contributed by atoms with E-state index in [-0.39, 0.29) is 12.1 Å². The number of esters is 1. The molecule has 0 aliphatic carbocycles.